The van der Waals surface area contributed by atoms with Crippen molar-refractivity contribution >= 4 is 40.0 Å². The SMILES string of the molecule is CCCCN(C(=O)c1ccccc1Cl)C(C)c1nc2ccc(Cl)cc2c(=O)n1CC. The first-order chi connectivity index (χ1) is 14.4. The molecule has 0 spiro atoms. The molecule has 1 amide bonds. The Morgan fingerprint density at radius 3 is 2.57 bits per heavy atom. The Hall–Kier alpha value is -2.37. The molecule has 0 fully saturated rings. The quantitative estimate of drug-likeness (QED) is 0.466. The van der Waals surface area contributed by atoms with Crippen molar-refractivity contribution in [2.24, 2.45) is 0 Å². The number of carbonyl (C=O) groups is 1. The maximum absolute atomic E-state index is 13.4. The molecule has 0 saturated heterocycles. The van der Waals surface area contributed by atoms with Gasteiger partial charge >= 0.3 is 0 Å². The number of benzene rings is 2. The normalized spacial score (nSPS) is 12.2. The molecule has 0 bridgehead atoms. The number of aromatic nitrogens is 2. The highest BCUT2D eigenvalue weighted by Crippen LogP contribution is 2.26. The summed E-state index contributed by atoms with van der Waals surface area (Å²) < 4.78 is 1.61. The van der Waals surface area contributed by atoms with Crippen molar-refractivity contribution in [1.82, 2.24) is 14.5 Å². The summed E-state index contributed by atoms with van der Waals surface area (Å²) in [6.45, 7) is 6.85. The molecule has 1 atom stereocenters. The van der Waals surface area contributed by atoms with E-state index in [2.05, 4.69) is 6.92 Å². The third-order valence-corrected chi connectivity index (χ3v) is 5.79. The minimum atomic E-state index is -0.409. The summed E-state index contributed by atoms with van der Waals surface area (Å²) in [6, 6.07) is 11.7. The molecule has 30 heavy (non-hydrogen) atoms. The van der Waals surface area contributed by atoms with Gasteiger partial charge in [-0.3, -0.25) is 14.2 Å². The second kappa shape index (κ2) is 9.63. The Kier molecular flexibility index (Phi) is 7.16. The van der Waals surface area contributed by atoms with Gasteiger partial charge in [0.05, 0.1) is 27.5 Å². The Morgan fingerprint density at radius 2 is 1.90 bits per heavy atom. The molecule has 2 aromatic carbocycles. The molecule has 0 radical (unpaired) electrons. The van der Waals surface area contributed by atoms with Crippen LogP contribution in [0.5, 0.6) is 0 Å². The molecule has 158 valence electrons. The van der Waals surface area contributed by atoms with E-state index in [1.807, 2.05) is 13.8 Å². The van der Waals surface area contributed by atoms with E-state index in [4.69, 9.17) is 28.2 Å². The van der Waals surface area contributed by atoms with Crippen molar-refractivity contribution in [2.45, 2.75) is 46.2 Å². The molecule has 0 aliphatic carbocycles. The van der Waals surface area contributed by atoms with Crippen LogP contribution in [-0.2, 0) is 6.54 Å². The first kappa shape index (κ1) is 22.3. The highest BCUT2D eigenvalue weighted by atomic mass is 35.5. The van der Waals surface area contributed by atoms with Gasteiger partial charge in [-0.1, -0.05) is 48.7 Å². The van der Waals surface area contributed by atoms with Crippen LogP contribution in [-0.4, -0.2) is 26.9 Å². The fourth-order valence-corrected chi connectivity index (χ4v) is 3.95. The van der Waals surface area contributed by atoms with Gasteiger partial charge in [0, 0.05) is 18.1 Å². The lowest BCUT2D eigenvalue weighted by Gasteiger charge is -2.30. The maximum atomic E-state index is 13.4. The molecule has 0 N–H and O–H groups in total. The average molecular weight is 446 g/mol. The predicted molar refractivity (Wildman–Crippen MR) is 122 cm³/mol. The molecule has 0 aliphatic heterocycles. The van der Waals surface area contributed by atoms with Gasteiger partial charge in [0.2, 0.25) is 0 Å². The third kappa shape index (κ3) is 4.37. The van der Waals surface area contributed by atoms with Crippen LogP contribution in [0, 0.1) is 0 Å². The van der Waals surface area contributed by atoms with Crippen molar-refractivity contribution in [1.29, 1.82) is 0 Å². The van der Waals surface area contributed by atoms with Crippen LogP contribution in [0.15, 0.2) is 47.3 Å². The van der Waals surface area contributed by atoms with Crippen molar-refractivity contribution in [3.63, 3.8) is 0 Å². The van der Waals surface area contributed by atoms with Gasteiger partial charge in [0.1, 0.15) is 5.82 Å². The predicted octanol–water partition coefficient (Wildman–Crippen LogP) is 5.73. The van der Waals surface area contributed by atoms with Crippen LogP contribution in [0.3, 0.4) is 0 Å². The van der Waals surface area contributed by atoms with Crippen LogP contribution < -0.4 is 5.56 Å². The highest BCUT2D eigenvalue weighted by molar-refractivity contribution is 6.33. The van der Waals surface area contributed by atoms with Gasteiger partial charge in [-0.05, 0) is 50.6 Å². The number of rotatable bonds is 7. The first-order valence-electron chi connectivity index (χ1n) is 10.1. The molecule has 7 heteroatoms. The van der Waals surface area contributed by atoms with Gasteiger partial charge in [-0.15, -0.1) is 0 Å². The smallest absolute Gasteiger partial charge is 0.261 e. The minimum Gasteiger partial charge on any atom is -0.329 e. The molecule has 3 aromatic rings. The second-order valence-corrected chi connectivity index (χ2v) is 8.03. The highest BCUT2D eigenvalue weighted by Gasteiger charge is 2.27. The van der Waals surface area contributed by atoms with E-state index in [0.29, 0.717) is 45.4 Å². The van der Waals surface area contributed by atoms with Crippen LogP contribution in [0.1, 0.15) is 55.8 Å². The van der Waals surface area contributed by atoms with E-state index in [1.54, 1.807) is 51.9 Å². The Bertz CT molecular complexity index is 1130. The first-order valence-corrected chi connectivity index (χ1v) is 10.9. The molecule has 0 aliphatic rings. The van der Waals surface area contributed by atoms with E-state index in [1.165, 1.54) is 0 Å². The lowest BCUT2D eigenvalue weighted by atomic mass is 10.1. The van der Waals surface area contributed by atoms with E-state index in [0.717, 1.165) is 12.8 Å². The fourth-order valence-electron chi connectivity index (χ4n) is 3.56. The monoisotopic (exact) mass is 445 g/mol. The number of hydrogen-bond donors (Lipinski definition) is 0. The van der Waals surface area contributed by atoms with Gasteiger partial charge in [0.15, 0.2) is 0 Å². The standard InChI is InChI=1S/C23H25Cl2N3O2/c1-4-6-13-28(22(29)17-9-7-8-10-19(17)25)15(3)21-26-20-12-11-16(24)14-18(20)23(30)27(21)5-2/h7-12,14-15H,4-6,13H2,1-3H3. The largest absolute Gasteiger partial charge is 0.329 e. The summed E-state index contributed by atoms with van der Waals surface area (Å²) in [6.07, 6.45) is 1.77. The molecule has 3 rings (SSSR count). The second-order valence-electron chi connectivity index (χ2n) is 7.19. The van der Waals surface area contributed by atoms with Crippen LogP contribution in [0.2, 0.25) is 10.0 Å². The number of nitrogens with zero attached hydrogens (tertiary/aromatic N) is 3. The van der Waals surface area contributed by atoms with E-state index >= 15 is 0 Å². The van der Waals surface area contributed by atoms with Gasteiger partial charge < -0.3 is 4.90 Å². The van der Waals surface area contributed by atoms with Gasteiger partial charge in [-0.25, -0.2) is 4.98 Å². The number of unbranched alkanes of at least 4 members (excludes halogenated alkanes) is 1. The number of amides is 1. The summed E-state index contributed by atoms with van der Waals surface area (Å²) in [7, 11) is 0. The Morgan fingerprint density at radius 1 is 1.17 bits per heavy atom. The van der Waals surface area contributed by atoms with E-state index in [-0.39, 0.29) is 11.5 Å². The molecule has 1 heterocycles. The molecule has 0 saturated carbocycles. The fraction of sp³-hybridized carbons (Fsp3) is 0.348. The number of carbonyl (C=O) groups excluding carboxylic acids is 1. The van der Waals surface area contributed by atoms with Gasteiger partial charge in [0.25, 0.3) is 11.5 Å². The lowest BCUT2D eigenvalue weighted by molar-refractivity contribution is 0.0676. The number of fused-ring (bicyclic) bond motifs is 1. The zero-order valence-corrected chi connectivity index (χ0v) is 18.9. The summed E-state index contributed by atoms with van der Waals surface area (Å²) in [5.41, 5.74) is 0.851. The zero-order valence-electron chi connectivity index (χ0n) is 17.4. The summed E-state index contributed by atoms with van der Waals surface area (Å²) in [5.74, 6) is 0.378. The number of halogens is 2. The molecular weight excluding hydrogens is 421 g/mol. The van der Waals surface area contributed by atoms with Gasteiger partial charge in [-0.2, -0.15) is 0 Å². The van der Waals surface area contributed by atoms with Crippen LogP contribution in [0.25, 0.3) is 10.9 Å². The molecule has 1 unspecified atom stereocenters. The Balaban J connectivity index is 2.12. The summed E-state index contributed by atoms with van der Waals surface area (Å²) >= 11 is 12.4. The minimum absolute atomic E-state index is 0.160. The topological polar surface area (TPSA) is 55.2 Å². The van der Waals surface area contributed by atoms with Crippen LogP contribution >= 0.6 is 23.2 Å². The van der Waals surface area contributed by atoms with E-state index in [9.17, 15) is 9.59 Å². The molecule has 1 aromatic heterocycles. The average Bonchev–Trinajstić information content (AvgIpc) is 2.74. The zero-order chi connectivity index (χ0) is 21.8. The lowest BCUT2D eigenvalue weighted by Crippen LogP contribution is -2.38. The Labute approximate surface area is 186 Å². The van der Waals surface area contributed by atoms with Crippen molar-refractivity contribution in [2.75, 3.05) is 6.54 Å². The maximum Gasteiger partial charge on any atom is 0.261 e. The van der Waals surface area contributed by atoms with Crippen molar-refractivity contribution in [3.8, 4) is 0 Å². The third-order valence-electron chi connectivity index (χ3n) is 5.22. The van der Waals surface area contributed by atoms with Crippen molar-refractivity contribution in [3.05, 3.63) is 74.3 Å². The molecular formula is C23H25Cl2N3O2. The van der Waals surface area contributed by atoms with Crippen LogP contribution in [0.4, 0.5) is 0 Å². The van der Waals surface area contributed by atoms with Crippen molar-refractivity contribution < 1.29 is 4.79 Å². The van der Waals surface area contributed by atoms with E-state index < -0.39 is 6.04 Å². The summed E-state index contributed by atoms with van der Waals surface area (Å²) in [4.78, 5) is 33.0. The number of hydrogen-bond acceptors (Lipinski definition) is 3. The molecule has 5 nitrogen and oxygen atoms in total. The summed E-state index contributed by atoms with van der Waals surface area (Å²) in [5, 5.41) is 1.37.